The van der Waals surface area contributed by atoms with Crippen LogP contribution in [-0.2, 0) is 18.3 Å². The molecule has 2 fully saturated rings. The van der Waals surface area contributed by atoms with E-state index in [0.717, 1.165) is 92.3 Å². The predicted octanol–water partition coefficient (Wildman–Crippen LogP) is 5.33. The molecule has 1 aliphatic heterocycles. The summed E-state index contributed by atoms with van der Waals surface area (Å²) in [6.07, 6.45) is 11.4. The molecule has 0 bridgehead atoms. The quantitative estimate of drug-likeness (QED) is 0.293. The maximum atomic E-state index is 10.1. The highest BCUT2D eigenvalue weighted by molar-refractivity contribution is 7.16. The summed E-state index contributed by atoms with van der Waals surface area (Å²) in [5.74, 6) is 2.01. The van der Waals surface area contributed by atoms with Crippen molar-refractivity contribution in [1.29, 1.82) is 10.5 Å². The zero-order valence-electron chi connectivity index (χ0n) is 25.2. The molecule has 0 aromatic carbocycles. The summed E-state index contributed by atoms with van der Waals surface area (Å²) in [6, 6.07) is 5.37. The van der Waals surface area contributed by atoms with E-state index >= 15 is 0 Å². The second-order valence-electron chi connectivity index (χ2n) is 13.3. The van der Waals surface area contributed by atoms with Crippen LogP contribution in [0.4, 0.5) is 10.8 Å². The van der Waals surface area contributed by atoms with E-state index < -0.39 is 5.41 Å². The summed E-state index contributed by atoms with van der Waals surface area (Å²) in [6.45, 7) is 3.82. The van der Waals surface area contributed by atoms with Gasteiger partial charge in [0.25, 0.3) is 0 Å². The van der Waals surface area contributed by atoms with Gasteiger partial charge >= 0.3 is 0 Å². The fourth-order valence-corrected chi connectivity index (χ4v) is 9.28. The molecule has 1 spiro atoms. The van der Waals surface area contributed by atoms with Gasteiger partial charge < -0.3 is 20.5 Å². The summed E-state index contributed by atoms with van der Waals surface area (Å²) in [4.78, 5) is 13.8. The number of hydrogen-bond acceptors (Lipinski definition) is 11. The van der Waals surface area contributed by atoms with E-state index in [1.807, 2.05) is 10.9 Å². The van der Waals surface area contributed by atoms with E-state index in [-0.39, 0.29) is 11.5 Å². The molecular formula is C32H36N10OS. The number of aromatic nitrogens is 5. The molecule has 5 heterocycles. The van der Waals surface area contributed by atoms with Crippen molar-refractivity contribution >= 4 is 33.2 Å². The lowest BCUT2D eigenvalue weighted by molar-refractivity contribution is 0.232. The average Bonchev–Trinajstić information content (AvgIpc) is 3.40. The number of anilines is 2. The largest absolute Gasteiger partial charge is 0.389 e. The molecule has 0 amide bonds. The first-order chi connectivity index (χ1) is 21.4. The number of fused-ring (bicyclic) bond motifs is 5. The summed E-state index contributed by atoms with van der Waals surface area (Å²) in [5, 5.41) is 34.3. The fraction of sp³-hybridized carbons (Fsp3) is 0.562. The lowest BCUT2D eigenvalue weighted by Crippen LogP contribution is -2.35. The van der Waals surface area contributed by atoms with Gasteiger partial charge in [-0.05, 0) is 90.3 Å². The topological polar surface area (TPSA) is 158 Å². The van der Waals surface area contributed by atoms with Crippen LogP contribution in [0, 0.1) is 28.1 Å². The van der Waals surface area contributed by atoms with Crippen molar-refractivity contribution in [2.45, 2.75) is 88.6 Å². The Labute approximate surface area is 260 Å². The highest BCUT2D eigenvalue weighted by Gasteiger charge is 2.49. The van der Waals surface area contributed by atoms with Gasteiger partial charge in [0.05, 0.1) is 40.1 Å². The number of nitrogens with one attached hydrogen (secondary N) is 1. The number of aryl methyl sites for hydroxylation is 1. The molecule has 3 atom stereocenters. The Morgan fingerprint density at radius 3 is 2.73 bits per heavy atom. The van der Waals surface area contributed by atoms with E-state index in [2.05, 4.69) is 41.5 Å². The number of nitrogen functional groups attached to an aromatic ring is 1. The highest BCUT2D eigenvalue weighted by Crippen LogP contribution is 2.55. The van der Waals surface area contributed by atoms with Crippen LogP contribution in [-0.4, -0.2) is 56.0 Å². The van der Waals surface area contributed by atoms with Gasteiger partial charge in [0.1, 0.15) is 16.9 Å². The van der Waals surface area contributed by atoms with Crippen LogP contribution < -0.4 is 11.1 Å². The normalized spacial score (nSPS) is 24.5. The smallest absolute Gasteiger partial charge is 0.186 e. The second-order valence-corrected chi connectivity index (χ2v) is 14.4. The molecule has 12 heteroatoms. The Hall–Kier alpha value is -4.00. The molecule has 3 aliphatic carbocycles. The first-order valence-corrected chi connectivity index (χ1v) is 16.6. The number of thiophene rings is 1. The van der Waals surface area contributed by atoms with Gasteiger partial charge in [-0.3, -0.25) is 0 Å². The maximum absolute atomic E-state index is 10.1. The second kappa shape index (κ2) is 10.0. The molecular weight excluding hydrogens is 572 g/mol. The lowest BCUT2D eigenvalue weighted by atomic mass is 9.63. The monoisotopic (exact) mass is 608 g/mol. The van der Waals surface area contributed by atoms with Crippen molar-refractivity contribution in [3.63, 3.8) is 0 Å². The molecule has 1 saturated carbocycles. The fourth-order valence-electron chi connectivity index (χ4n) is 8.12. The van der Waals surface area contributed by atoms with E-state index in [4.69, 9.17) is 25.3 Å². The standard InChI is InChI=1S/C32H36N10OS/c1-18(22-7-5-13-41(22)2)42-30-21(15-37-42)28(36-17-31(16-34)11-12-31)38-29(39-30)25-19-6-3-9-32(26(19)43-40-25)10-4-8-23-24(32)20(14-33)27(35)44-23/h15,18,22H,3-13,17,35H2,1-2H3,(H,36,38,39). The summed E-state index contributed by atoms with van der Waals surface area (Å²) < 4.78 is 8.31. The van der Waals surface area contributed by atoms with Crippen molar-refractivity contribution in [2.75, 3.05) is 31.2 Å². The average molecular weight is 609 g/mol. The minimum Gasteiger partial charge on any atom is -0.389 e. The van der Waals surface area contributed by atoms with Crippen LogP contribution >= 0.6 is 11.3 Å². The Kier molecular flexibility index (Phi) is 6.27. The van der Waals surface area contributed by atoms with Crippen molar-refractivity contribution in [1.82, 2.24) is 29.8 Å². The van der Waals surface area contributed by atoms with Crippen molar-refractivity contribution in [3.8, 4) is 23.7 Å². The minimum absolute atomic E-state index is 0.119. The molecule has 44 heavy (non-hydrogen) atoms. The van der Waals surface area contributed by atoms with Gasteiger partial charge in [0.2, 0.25) is 0 Å². The number of nitrogens with zero attached hydrogens (tertiary/aromatic N) is 8. The van der Waals surface area contributed by atoms with Crippen molar-refractivity contribution in [3.05, 3.63) is 33.5 Å². The van der Waals surface area contributed by atoms with Gasteiger partial charge in [-0.1, -0.05) is 5.16 Å². The zero-order valence-corrected chi connectivity index (χ0v) is 26.0. The van der Waals surface area contributed by atoms with Crippen LogP contribution in [0.25, 0.3) is 22.6 Å². The molecule has 226 valence electrons. The molecule has 1 saturated heterocycles. The first kappa shape index (κ1) is 27.5. The van der Waals surface area contributed by atoms with Crippen LogP contribution in [0.3, 0.4) is 0 Å². The third-order valence-electron chi connectivity index (χ3n) is 10.7. The lowest BCUT2D eigenvalue weighted by Gasteiger charge is -2.39. The number of nitrogens with two attached hydrogens (primary N) is 1. The Morgan fingerprint density at radius 1 is 1.18 bits per heavy atom. The molecule has 0 radical (unpaired) electrons. The van der Waals surface area contributed by atoms with E-state index in [1.165, 1.54) is 11.3 Å². The molecule has 4 aliphatic rings. The summed E-state index contributed by atoms with van der Waals surface area (Å²) in [5.41, 5.74) is 9.68. The van der Waals surface area contributed by atoms with Crippen LogP contribution in [0.5, 0.6) is 0 Å². The molecule has 11 nitrogen and oxygen atoms in total. The number of rotatable bonds is 6. The SMILES string of the molecule is CC(C1CCCN1C)n1ncc2c(NCC3(C#N)CC3)nc(-c3noc4c3CCCC43CCCc4sc(N)c(C#N)c43)nc21. The van der Waals surface area contributed by atoms with E-state index in [1.54, 1.807) is 11.3 Å². The summed E-state index contributed by atoms with van der Waals surface area (Å²) in [7, 11) is 2.18. The first-order valence-electron chi connectivity index (χ1n) is 15.8. The maximum Gasteiger partial charge on any atom is 0.186 e. The number of likely N-dealkylation sites (N-methyl/N-ethyl adjacent to an activating group) is 1. The van der Waals surface area contributed by atoms with Gasteiger partial charge in [-0.2, -0.15) is 15.6 Å². The van der Waals surface area contributed by atoms with E-state index in [0.29, 0.717) is 40.5 Å². The third-order valence-corrected chi connectivity index (χ3v) is 11.8. The Balaban J connectivity index is 1.26. The number of hydrogen-bond donors (Lipinski definition) is 2. The van der Waals surface area contributed by atoms with Gasteiger partial charge in [0.15, 0.2) is 22.9 Å². The van der Waals surface area contributed by atoms with Crippen LogP contribution in [0.15, 0.2) is 10.7 Å². The molecule has 3 N–H and O–H groups in total. The van der Waals surface area contributed by atoms with Gasteiger partial charge in [-0.25, -0.2) is 14.6 Å². The van der Waals surface area contributed by atoms with Gasteiger partial charge in [0, 0.05) is 23.0 Å². The highest BCUT2D eigenvalue weighted by atomic mass is 32.1. The van der Waals surface area contributed by atoms with Crippen molar-refractivity contribution < 1.29 is 4.52 Å². The Bertz CT molecular complexity index is 1870. The number of likely N-dealkylation sites (tertiary alicyclic amines) is 1. The Morgan fingerprint density at radius 2 is 2.00 bits per heavy atom. The van der Waals surface area contributed by atoms with Crippen LogP contribution in [0.2, 0.25) is 0 Å². The van der Waals surface area contributed by atoms with Gasteiger partial charge in [-0.15, -0.1) is 11.3 Å². The zero-order chi connectivity index (χ0) is 30.2. The summed E-state index contributed by atoms with van der Waals surface area (Å²) >= 11 is 1.54. The van der Waals surface area contributed by atoms with E-state index in [9.17, 15) is 10.5 Å². The molecule has 4 aromatic heterocycles. The van der Waals surface area contributed by atoms with Crippen molar-refractivity contribution in [2.24, 2.45) is 5.41 Å². The molecule has 8 rings (SSSR count). The molecule has 4 aromatic rings. The number of nitriles is 2. The molecule has 3 unspecified atom stereocenters. The predicted molar refractivity (Wildman–Crippen MR) is 167 cm³/mol. The third kappa shape index (κ3) is 4.00. The minimum atomic E-state index is -0.411. The van der Waals surface area contributed by atoms with Crippen LogP contribution in [0.1, 0.15) is 91.7 Å².